The van der Waals surface area contributed by atoms with Crippen LogP contribution in [0.5, 0.6) is 0 Å². The summed E-state index contributed by atoms with van der Waals surface area (Å²) < 4.78 is 5.58. The van der Waals surface area contributed by atoms with Gasteiger partial charge in [-0.25, -0.2) is 0 Å². The second kappa shape index (κ2) is 5.99. The van der Waals surface area contributed by atoms with E-state index in [0.717, 1.165) is 5.69 Å². The van der Waals surface area contributed by atoms with Gasteiger partial charge in [-0.05, 0) is 24.3 Å². The highest BCUT2D eigenvalue weighted by molar-refractivity contribution is 5.64. The summed E-state index contributed by atoms with van der Waals surface area (Å²) in [5, 5.41) is 22.8. The van der Waals surface area contributed by atoms with Crippen LogP contribution in [0.4, 0.5) is 17.3 Å². The first-order chi connectivity index (χ1) is 11.2. The summed E-state index contributed by atoms with van der Waals surface area (Å²) in [6, 6.07) is 17.0. The van der Waals surface area contributed by atoms with Crippen LogP contribution in [0.2, 0.25) is 0 Å². The second-order valence-corrected chi connectivity index (χ2v) is 4.60. The second-order valence-electron chi connectivity index (χ2n) is 4.60. The number of para-hydroxylation sites is 1. The fraction of sp³-hybridized carbons (Fsp3) is 0. The molecule has 0 saturated carbocycles. The lowest BCUT2D eigenvalue weighted by molar-refractivity contribution is -0.384. The van der Waals surface area contributed by atoms with Gasteiger partial charge in [-0.15, -0.1) is 0 Å². The highest BCUT2D eigenvalue weighted by Crippen LogP contribution is 2.28. The third kappa shape index (κ3) is 3.01. The molecule has 3 rings (SSSR count). The standard InChI is InChI=1S/C16H10N4O3/c17-10-14-16(18-12-4-2-1-3-5-12)23-15(19-14)11-6-8-13(9-7-11)20(21)22/h1-9,18H. The molecule has 0 aliphatic carbocycles. The predicted octanol–water partition coefficient (Wildman–Crippen LogP) is 3.87. The van der Waals surface area contributed by atoms with Gasteiger partial charge in [0.05, 0.1) is 4.92 Å². The van der Waals surface area contributed by atoms with E-state index >= 15 is 0 Å². The molecule has 112 valence electrons. The Labute approximate surface area is 131 Å². The van der Waals surface area contributed by atoms with Crippen molar-refractivity contribution in [2.24, 2.45) is 0 Å². The summed E-state index contributed by atoms with van der Waals surface area (Å²) in [5.41, 5.74) is 1.40. The van der Waals surface area contributed by atoms with E-state index in [0.29, 0.717) is 5.56 Å². The zero-order valence-electron chi connectivity index (χ0n) is 11.8. The molecule has 1 heterocycles. The van der Waals surface area contributed by atoms with Gasteiger partial charge in [0, 0.05) is 23.4 Å². The Morgan fingerprint density at radius 3 is 2.43 bits per heavy atom. The Morgan fingerprint density at radius 2 is 1.83 bits per heavy atom. The minimum Gasteiger partial charge on any atom is -0.419 e. The van der Waals surface area contributed by atoms with E-state index in [2.05, 4.69) is 10.3 Å². The number of nitrogens with zero attached hydrogens (tertiary/aromatic N) is 3. The van der Waals surface area contributed by atoms with Gasteiger partial charge < -0.3 is 9.73 Å². The van der Waals surface area contributed by atoms with Gasteiger partial charge in [0.2, 0.25) is 17.5 Å². The van der Waals surface area contributed by atoms with Crippen LogP contribution in [0.1, 0.15) is 5.69 Å². The first-order valence-electron chi connectivity index (χ1n) is 6.65. The zero-order valence-corrected chi connectivity index (χ0v) is 11.8. The number of anilines is 2. The van der Waals surface area contributed by atoms with Crippen molar-refractivity contribution < 1.29 is 9.34 Å². The largest absolute Gasteiger partial charge is 0.419 e. The lowest BCUT2D eigenvalue weighted by atomic mass is 10.2. The number of oxazole rings is 1. The summed E-state index contributed by atoms with van der Waals surface area (Å²) in [6.07, 6.45) is 0. The lowest BCUT2D eigenvalue weighted by Gasteiger charge is -2.01. The maximum absolute atomic E-state index is 10.7. The number of rotatable bonds is 4. The molecule has 3 aromatic rings. The monoisotopic (exact) mass is 306 g/mol. The fourth-order valence-electron chi connectivity index (χ4n) is 1.98. The molecular weight excluding hydrogens is 296 g/mol. The van der Waals surface area contributed by atoms with Crippen LogP contribution < -0.4 is 5.32 Å². The summed E-state index contributed by atoms with van der Waals surface area (Å²) in [7, 11) is 0. The van der Waals surface area contributed by atoms with E-state index in [9.17, 15) is 15.4 Å². The molecule has 0 aliphatic heterocycles. The molecular formula is C16H10N4O3. The van der Waals surface area contributed by atoms with Crippen molar-refractivity contribution in [3.63, 3.8) is 0 Å². The average Bonchev–Trinajstić information content (AvgIpc) is 2.99. The minimum absolute atomic E-state index is 0.0246. The van der Waals surface area contributed by atoms with Crippen LogP contribution in [0, 0.1) is 21.4 Å². The van der Waals surface area contributed by atoms with Crippen LogP contribution in [0.25, 0.3) is 11.5 Å². The van der Waals surface area contributed by atoms with Crippen molar-refractivity contribution in [3.05, 3.63) is 70.4 Å². The third-order valence-electron chi connectivity index (χ3n) is 3.09. The fourth-order valence-corrected chi connectivity index (χ4v) is 1.98. The molecule has 0 amide bonds. The SMILES string of the molecule is N#Cc1nc(-c2ccc([N+](=O)[O-])cc2)oc1Nc1ccccc1. The number of nitriles is 1. The smallest absolute Gasteiger partial charge is 0.269 e. The number of hydrogen-bond donors (Lipinski definition) is 1. The zero-order chi connectivity index (χ0) is 16.2. The molecule has 2 aromatic carbocycles. The van der Waals surface area contributed by atoms with Gasteiger partial charge in [0.1, 0.15) is 6.07 Å². The number of nitro groups is 1. The Kier molecular flexibility index (Phi) is 3.72. The van der Waals surface area contributed by atoms with Crippen molar-refractivity contribution in [1.82, 2.24) is 4.98 Å². The summed E-state index contributed by atoms with van der Waals surface area (Å²) >= 11 is 0. The molecule has 0 bridgehead atoms. The van der Waals surface area contributed by atoms with Gasteiger partial charge >= 0.3 is 0 Å². The molecule has 0 unspecified atom stereocenters. The maximum atomic E-state index is 10.7. The Bertz CT molecular complexity index is 880. The van der Waals surface area contributed by atoms with E-state index in [-0.39, 0.29) is 23.2 Å². The van der Waals surface area contributed by atoms with Gasteiger partial charge in [-0.1, -0.05) is 18.2 Å². The van der Waals surface area contributed by atoms with Gasteiger partial charge in [-0.2, -0.15) is 10.2 Å². The van der Waals surface area contributed by atoms with Crippen molar-refractivity contribution in [2.75, 3.05) is 5.32 Å². The normalized spacial score (nSPS) is 10.0. The van der Waals surface area contributed by atoms with Crippen molar-refractivity contribution in [3.8, 4) is 17.5 Å². The lowest BCUT2D eigenvalue weighted by Crippen LogP contribution is -1.90. The molecule has 0 fully saturated rings. The van der Waals surface area contributed by atoms with Crippen molar-refractivity contribution in [1.29, 1.82) is 5.26 Å². The molecule has 7 nitrogen and oxygen atoms in total. The highest BCUT2D eigenvalue weighted by Gasteiger charge is 2.15. The molecule has 0 saturated heterocycles. The maximum Gasteiger partial charge on any atom is 0.269 e. The number of benzene rings is 2. The molecule has 0 radical (unpaired) electrons. The van der Waals surface area contributed by atoms with E-state index in [4.69, 9.17) is 4.42 Å². The molecule has 0 atom stereocenters. The molecule has 7 heteroatoms. The molecule has 0 aliphatic rings. The van der Waals surface area contributed by atoms with Crippen molar-refractivity contribution in [2.45, 2.75) is 0 Å². The number of hydrogen-bond acceptors (Lipinski definition) is 6. The number of nitrogens with one attached hydrogen (secondary N) is 1. The van der Waals surface area contributed by atoms with E-state index in [1.165, 1.54) is 24.3 Å². The Hall–Kier alpha value is -3.66. The first kappa shape index (κ1) is 14.3. The number of non-ortho nitro benzene ring substituents is 1. The van der Waals surface area contributed by atoms with E-state index < -0.39 is 4.92 Å². The van der Waals surface area contributed by atoms with Gasteiger partial charge in [-0.3, -0.25) is 10.1 Å². The van der Waals surface area contributed by atoms with Crippen molar-refractivity contribution >= 4 is 17.3 Å². The molecule has 1 aromatic heterocycles. The van der Waals surface area contributed by atoms with Crippen LogP contribution in [0.15, 0.2) is 59.0 Å². The van der Waals surface area contributed by atoms with Gasteiger partial charge in [0.25, 0.3) is 5.69 Å². The summed E-state index contributed by atoms with van der Waals surface area (Å²) in [4.78, 5) is 14.3. The van der Waals surface area contributed by atoms with Crippen LogP contribution in [-0.4, -0.2) is 9.91 Å². The topological polar surface area (TPSA) is 105 Å². The highest BCUT2D eigenvalue weighted by atomic mass is 16.6. The molecule has 23 heavy (non-hydrogen) atoms. The number of aromatic nitrogens is 1. The van der Waals surface area contributed by atoms with Crippen LogP contribution in [0.3, 0.4) is 0 Å². The van der Waals surface area contributed by atoms with Crippen LogP contribution >= 0.6 is 0 Å². The Balaban J connectivity index is 1.92. The summed E-state index contributed by atoms with van der Waals surface area (Å²) in [5.74, 6) is 0.446. The third-order valence-corrected chi connectivity index (χ3v) is 3.09. The molecule has 1 N–H and O–H groups in total. The quantitative estimate of drug-likeness (QED) is 0.579. The van der Waals surface area contributed by atoms with Crippen LogP contribution in [-0.2, 0) is 0 Å². The molecule has 0 spiro atoms. The van der Waals surface area contributed by atoms with E-state index in [1.807, 2.05) is 36.4 Å². The predicted molar refractivity (Wildman–Crippen MR) is 83.0 cm³/mol. The number of nitro benzene ring substituents is 1. The first-order valence-corrected chi connectivity index (χ1v) is 6.65. The Morgan fingerprint density at radius 1 is 1.13 bits per heavy atom. The summed E-state index contributed by atoms with van der Waals surface area (Å²) in [6.45, 7) is 0. The van der Waals surface area contributed by atoms with Gasteiger partial charge in [0.15, 0.2) is 0 Å². The minimum atomic E-state index is -0.484. The van der Waals surface area contributed by atoms with E-state index in [1.54, 1.807) is 0 Å². The average molecular weight is 306 g/mol.